The molecule has 1 saturated carbocycles. The van der Waals surface area contributed by atoms with Crippen LogP contribution in [0.4, 0.5) is 0 Å². The number of nitrogens with one attached hydrogen (secondary N) is 1. The Morgan fingerprint density at radius 2 is 1.96 bits per heavy atom. The summed E-state index contributed by atoms with van der Waals surface area (Å²) in [7, 11) is 0. The minimum absolute atomic E-state index is 0.0164. The van der Waals surface area contributed by atoms with Crippen molar-refractivity contribution < 1.29 is 9.59 Å². The molecule has 0 spiro atoms. The van der Waals surface area contributed by atoms with Crippen molar-refractivity contribution in [1.82, 2.24) is 10.2 Å². The number of hydrogen-bond acceptors (Lipinski definition) is 2. The van der Waals surface area contributed by atoms with Crippen molar-refractivity contribution in [2.45, 2.75) is 58.4 Å². The standard InChI is InChI=1S/C19H28N2O2/c1-15-7-6-8-17(13-15)14-19(23)20-11-12-21(16(2)22)18-9-4-3-5-10-18/h6-8,13,18H,3-5,9-12,14H2,1-2H3,(H,20,23). The quantitative estimate of drug-likeness (QED) is 0.877. The van der Waals surface area contributed by atoms with Gasteiger partial charge in [0.2, 0.25) is 11.8 Å². The second-order valence-corrected chi connectivity index (χ2v) is 6.52. The van der Waals surface area contributed by atoms with E-state index in [9.17, 15) is 9.59 Å². The number of nitrogens with zero attached hydrogens (tertiary/aromatic N) is 1. The van der Waals surface area contributed by atoms with Gasteiger partial charge in [0.15, 0.2) is 0 Å². The fourth-order valence-corrected chi connectivity index (χ4v) is 3.38. The monoisotopic (exact) mass is 316 g/mol. The molecule has 0 saturated heterocycles. The van der Waals surface area contributed by atoms with Crippen LogP contribution in [0.25, 0.3) is 0 Å². The largest absolute Gasteiger partial charge is 0.354 e. The number of aryl methyl sites for hydroxylation is 1. The summed E-state index contributed by atoms with van der Waals surface area (Å²) in [6.07, 6.45) is 6.26. The van der Waals surface area contributed by atoms with Crippen molar-refractivity contribution in [2.75, 3.05) is 13.1 Å². The van der Waals surface area contributed by atoms with Crippen LogP contribution in [0.1, 0.15) is 50.2 Å². The molecule has 126 valence electrons. The molecule has 2 rings (SSSR count). The first-order valence-electron chi connectivity index (χ1n) is 8.65. The van der Waals surface area contributed by atoms with Crippen LogP contribution in [0, 0.1) is 6.92 Å². The molecule has 1 aromatic rings. The van der Waals surface area contributed by atoms with E-state index in [1.165, 1.54) is 19.3 Å². The van der Waals surface area contributed by atoms with Crippen molar-refractivity contribution in [3.8, 4) is 0 Å². The zero-order valence-electron chi connectivity index (χ0n) is 14.3. The lowest BCUT2D eigenvalue weighted by atomic mass is 9.94. The van der Waals surface area contributed by atoms with Crippen LogP contribution in [0.3, 0.4) is 0 Å². The molecular formula is C19H28N2O2. The van der Waals surface area contributed by atoms with Crippen LogP contribution in [-0.2, 0) is 16.0 Å². The Balaban J connectivity index is 1.77. The minimum atomic E-state index is 0.0164. The molecule has 4 heteroatoms. The highest BCUT2D eigenvalue weighted by Gasteiger charge is 2.22. The van der Waals surface area contributed by atoms with E-state index in [4.69, 9.17) is 0 Å². The number of carbonyl (C=O) groups is 2. The normalized spacial score (nSPS) is 15.2. The molecule has 0 radical (unpaired) electrons. The zero-order chi connectivity index (χ0) is 16.7. The number of amides is 2. The van der Waals surface area contributed by atoms with Gasteiger partial charge in [-0.3, -0.25) is 9.59 Å². The summed E-state index contributed by atoms with van der Waals surface area (Å²) in [6.45, 7) is 4.79. The highest BCUT2D eigenvalue weighted by Crippen LogP contribution is 2.22. The van der Waals surface area contributed by atoms with Crippen molar-refractivity contribution in [3.63, 3.8) is 0 Å². The Hall–Kier alpha value is -1.84. The summed E-state index contributed by atoms with van der Waals surface area (Å²) in [4.78, 5) is 25.8. The second kappa shape index (κ2) is 8.70. The molecule has 4 nitrogen and oxygen atoms in total. The number of hydrogen-bond donors (Lipinski definition) is 1. The third-order valence-corrected chi connectivity index (χ3v) is 4.54. The lowest BCUT2D eigenvalue weighted by molar-refractivity contribution is -0.132. The number of benzene rings is 1. The Kier molecular flexibility index (Phi) is 6.63. The first kappa shape index (κ1) is 17.5. The molecule has 1 aliphatic carbocycles. The molecule has 0 unspecified atom stereocenters. The van der Waals surface area contributed by atoms with Crippen LogP contribution < -0.4 is 5.32 Å². The lowest BCUT2D eigenvalue weighted by Crippen LogP contribution is -2.44. The van der Waals surface area contributed by atoms with Crippen LogP contribution in [-0.4, -0.2) is 35.8 Å². The van der Waals surface area contributed by atoms with Gasteiger partial charge in [-0.15, -0.1) is 0 Å². The molecule has 1 aliphatic rings. The van der Waals surface area contributed by atoms with E-state index in [-0.39, 0.29) is 11.8 Å². The Morgan fingerprint density at radius 3 is 2.61 bits per heavy atom. The van der Waals surface area contributed by atoms with Gasteiger partial charge in [-0.25, -0.2) is 0 Å². The Labute approximate surface area is 139 Å². The van der Waals surface area contributed by atoms with E-state index in [2.05, 4.69) is 5.32 Å². The van der Waals surface area contributed by atoms with Crippen molar-refractivity contribution in [3.05, 3.63) is 35.4 Å². The summed E-state index contributed by atoms with van der Waals surface area (Å²) < 4.78 is 0. The molecule has 23 heavy (non-hydrogen) atoms. The van der Waals surface area contributed by atoms with Gasteiger partial charge in [0.1, 0.15) is 0 Å². The van der Waals surface area contributed by atoms with E-state index < -0.39 is 0 Å². The topological polar surface area (TPSA) is 49.4 Å². The van der Waals surface area contributed by atoms with Crippen molar-refractivity contribution in [2.24, 2.45) is 0 Å². The predicted octanol–water partition coefficient (Wildman–Crippen LogP) is 2.83. The van der Waals surface area contributed by atoms with Crippen LogP contribution in [0.2, 0.25) is 0 Å². The highest BCUT2D eigenvalue weighted by atomic mass is 16.2. The summed E-state index contributed by atoms with van der Waals surface area (Å²) in [5.74, 6) is 0.132. The summed E-state index contributed by atoms with van der Waals surface area (Å²) in [6, 6.07) is 8.35. The van der Waals surface area contributed by atoms with Crippen LogP contribution in [0.15, 0.2) is 24.3 Å². The van der Waals surface area contributed by atoms with Gasteiger partial charge in [0.25, 0.3) is 0 Å². The molecule has 1 N–H and O–H groups in total. The molecule has 2 amide bonds. The van der Waals surface area contributed by atoms with Gasteiger partial charge in [0.05, 0.1) is 6.42 Å². The van der Waals surface area contributed by atoms with Gasteiger partial charge < -0.3 is 10.2 Å². The van der Waals surface area contributed by atoms with Gasteiger partial charge in [0, 0.05) is 26.1 Å². The molecular weight excluding hydrogens is 288 g/mol. The third kappa shape index (κ3) is 5.70. The van der Waals surface area contributed by atoms with Gasteiger partial charge in [-0.05, 0) is 25.3 Å². The van der Waals surface area contributed by atoms with Crippen molar-refractivity contribution in [1.29, 1.82) is 0 Å². The fourth-order valence-electron chi connectivity index (χ4n) is 3.38. The molecule has 0 bridgehead atoms. The third-order valence-electron chi connectivity index (χ3n) is 4.54. The lowest BCUT2D eigenvalue weighted by Gasteiger charge is -2.33. The Morgan fingerprint density at radius 1 is 1.22 bits per heavy atom. The molecule has 1 fully saturated rings. The SMILES string of the molecule is CC(=O)N(CCNC(=O)Cc1cccc(C)c1)C1CCCCC1. The maximum Gasteiger partial charge on any atom is 0.224 e. The maximum absolute atomic E-state index is 12.0. The first-order valence-corrected chi connectivity index (χ1v) is 8.65. The highest BCUT2D eigenvalue weighted by molar-refractivity contribution is 5.78. The summed E-state index contributed by atoms with van der Waals surface area (Å²) >= 11 is 0. The molecule has 0 aromatic heterocycles. The minimum Gasteiger partial charge on any atom is -0.354 e. The average molecular weight is 316 g/mol. The summed E-state index contributed by atoms with van der Waals surface area (Å²) in [5, 5.41) is 2.94. The fraction of sp³-hybridized carbons (Fsp3) is 0.579. The van der Waals surface area contributed by atoms with E-state index in [1.54, 1.807) is 6.92 Å². The predicted molar refractivity (Wildman–Crippen MR) is 92.2 cm³/mol. The smallest absolute Gasteiger partial charge is 0.224 e. The van der Waals surface area contributed by atoms with E-state index in [0.717, 1.165) is 24.0 Å². The molecule has 0 aliphatic heterocycles. The van der Waals surface area contributed by atoms with Crippen molar-refractivity contribution >= 4 is 11.8 Å². The maximum atomic E-state index is 12.0. The molecule has 0 heterocycles. The summed E-state index contributed by atoms with van der Waals surface area (Å²) in [5.41, 5.74) is 2.19. The van der Waals surface area contributed by atoms with E-state index in [0.29, 0.717) is 25.6 Å². The van der Waals surface area contributed by atoms with Crippen LogP contribution >= 0.6 is 0 Å². The van der Waals surface area contributed by atoms with E-state index in [1.807, 2.05) is 36.1 Å². The average Bonchev–Trinajstić information content (AvgIpc) is 2.52. The second-order valence-electron chi connectivity index (χ2n) is 6.52. The van der Waals surface area contributed by atoms with E-state index >= 15 is 0 Å². The molecule has 1 aromatic carbocycles. The van der Waals surface area contributed by atoms with Gasteiger partial charge in [-0.1, -0.05) is 49.1 Å². The first-order chi connectivity index (χ1) is 11.1. The number of rotatable bonds is 6. The van der Waals surface area contributed by atoms with Gasteiger partial charge >= 0.3 is 0 Å². The molecule has 0 atom stereocenters. The zero-order valence-corrected chi connectivity index (χ0v) is 14.3. The Bertz CT molecular complexity index is 536. The number of carbonyl (C=O) groups excluding carboxylic acids is 2. The van der Waals surface area contributed by atoms with Gasteiger partial charge in [-0.2, -0.15) is 0 Å². The van der Waals surface area contributed by atoms with Crippen LogP contribution in [0.5, 0.6) is 0 Å².